The van der Waals surface area contributed by atoms with Gasteiger partial charge in [0.1, 0.15) is 6.04 Å². The van der Waals surface area contributed by atoms with E-state index in [2.05, 4.69) is 0 Å². The predicted octanol–water partition coefficient (Wildman–Crippen LogP) is 2.78. The first-order valence-corrected chi connectivity index (χ1v) is 10.0. The normalized spacial score (nSPS) is 16.8. The largest absolute Gasteiger partial charge is 0.468 e. The molecule has 10 heteroatoms. The lowest BCUT2D eigenvalue weighted by Crippen LogP contribution is -2.41. The first-order chi connectivity index (χ1) is 12.3. The third kappa shape index (κ3) is 3.00. The summed E-state index contributed by atoms with van der Waals surface area (Å²) in [6.07, 6.45) is 0.304. The molecule has 8 nitrogen and oxygen atoms in total. The molecular formula is C16H16N2O6S2. The molecule has 1 unspecified atom stereocenters. The molecule has 0 aliphatic carbocycles. The van der Waals surface area contributed by atoms with E-state index in [-0.39, 0.29) is 17.1 Å². The number of carbonyl (C=O) groups is 1. The summed E-state index contributed by atoms with van der Waals surface area (Å²) in [5.41, 5.74) is 0.526. The number of nitro groups is 1. The molecule has 0 fully saturated rings. The Bertz CT molecular complexity index is 982. The van der Waals surface area contributed by atoms with E-state index in [0.29, 0.717) is 21.7 Å². The fourth-order valence-electron chi connectivity index (χ4n) is 2.91. The Kier molecular flexibility index (Phi) is 4.82. The summed E-state index contributed by atoms with van der Waals surface area (Å²) >= 11 is 1.25. The average molecular weight is 396 g/mol. The quantitative estimate of drug-likeness (QED) is 0.437. The summed E-state index contributed by atoms with van der Waals surface area (Å²) in [5, 5.41) is 10.9. The van der Waals surface area contributed by atoms with Gasteiger partial charge in [0.25, 0.3) is 5.69 Å². The van der Waals surface area contributed by atoms with E-state index >= 15 is 0 Å². The number of hydrogen-bond acceptors (Lipinski definition) is 7. The van der Waals surface area contributed by atoms with E-state index in [1.54, 1.807) is 19.1 Å². The Labute approximate surface area is 154 Å². The Hall–Kier alpha value is -2.30. The van der Waals surface area contributed by atoms with Crippen LogP contribution < -0.4 is 0 Å². The van der Waals surface area contributed by atoms with Crippen LogP contribution in [0.1, 0.15) is 18.2 Å². The molecule has 2 aromatic rings. The summed E-state index contributed by atoms with van der Waals surface area (Å²) in [6, 6.07) is 6.69. The van der Waals surface area contributed by atoms with Gasteiger partial charge in [-0.1, -0.05) is 19.1 Å². The second-order valence-corrected chi connectivity index (χ2v) is 8.70. The molecule has 1 atom stereocenters. The van der Waals surface area contributed by atoms with Crippen LogP contribution in [0, 0.1) is 10.1 Å². The van der Waals surface area contributed by atoms with Crippen LogP contribution in [0.4, 0.5) is 5.69 Å². The summed E-state index contributed by atoms with van der Waals surface area (Å²) in [7, 11) is -2.59. The van der Waals surface area contributed by atoms with Crippen molar-refractivity contribution in [3.05, 3.63) is 45.3 Å². The van der Waals surface area contributed by atoms with E-state index in [1.807, 2.05) is 0 Å². The second-order valence-electron chi connectivity index (χ2n) is 5.70. The summed E-state index contributed by atoms with van der Waals surface area (Å²) in [6.45, 7) is 1.81. The third-order valence-electron chi connectivity index (χ3n) is 4.21. The number of ether oxygens (including phenoxy) is 1. The van der Waals surface area contributed by atoms with E-state index in [0.717, 1.165) is 4.31 Å². The van der Waals surface area contributed by atoms with Crippen molar-refractivity contribution in [1.29, 1.82) is 0 Å². The van der Waals surface area contributed by atoms with Gasteiger partial charge in [-0.05, 0) is 18.1 Å². The molecule has 1 aliphatic heterocycles. The predicted molar refractivity (Wildman–Crippen MR) is 95.2 cm³/mol. The minimum absolute atomic E-state index is 0.0581. The van der Waals surface area contributed by atoms with Gasteiger partial charge < -0.3 is 4.74 Å². The zero-order chi connectivity index (χ0) is 19.1. The molecule has 0 saturated heterocycles. The maximum absolute atomic E-state index is 12.8. The second kappa shape index (κ2) is 6.78. The van der Waals surface area contributed by atoms with Crippen molar-refractivity contribution < 1.29 is 22.9 Å². The molecule has 0 bridgehead atoms. The van der Waals surface area contributed by atoms with Crippen molar-refractivity contribution in [2.45, 2.75) is 30.8 Å². The van der Waals surface area contributed by atoms with Gasteiger partial charge in [0.05, 0.1) is 23.5 Å². The van der Waals surface area contributed by atoms with E-state index in [9.17, 15) is 23.3 Å². The molecule has 1 aliphatic rings. The number of nitrogens with zero attached hydrogens (tertiary/aromatic N) is 2. The highest BCUT2D eigenvalue weighted by atomic mass is 32.2. The fourth-order valence-corrected chi connectivity index (χ4v) is 6.30. The highest BCUT2D eigenvalue weighted by Gasteiger charge is 2.43. The topological polar surface area (TPSA) is 107 Å². The Morgan fingerprint density at radius 3 is 2.73 bits per heavy atom. The Balaban J connectivity index is 1.98. The number of thiophene rings is 1. The van der Waals surface area contributed by atoms with Crippen LogP contribution in [0.25, 0.3) is 10.4 Å². The zero-order valence-electron chi connectivity index (χ0n) is 14.0. The molecule has 0 N–H and O–H groups in total. The van der Waals surface area contributed by atoms with Crippen LogP contribution >= 0.6 is 11.3 Å². The van der Waals surface area contributed by atoms with E-state index in [1.165, 1.54) is 36.6 Å². The number of esters is 1. The highest BCUT2D eigenvalue weighted by molar-refractivity contribution is 7.89. The Morgan fingerprint density at radius 1 is 1.42 bits per heavy atom. The summed E-state index contributed by atoms with van der Waals surface area (Å²) < 4.78 is 31.5. The van der Waals surface area contributed by atoms with Crippen molar-refractivity contribution >= 4 is 33.0 Å². The summed E-state index contributed by atoms with van der Waals surface area (Å²) in [4.78, 5) is 23.7. The molecular weight excluding hydrogens is 380 g/mol. The lowest BCUT2D eigenvalue weighted by molar-refractivity contribution is -0.384. The van der Waals surface area contributed by atoms with Crippen LogP contribution in [-0.2, 0) is 26.1 Å². The SMILES string of the molecule is CCC(C(=O)OC)N1Cc2sc(-c3cccc([N+](=O)[O-])c3)cc2S1(=O)=O. The van der Waals surface area contributed by atoms with Crippen molar-refractivity contribution in [2.24, 2.45) is 0 Å². The van der Waals surface area contributed by atoms with E-state index in [4.69, 9.17) is 4.74 Å². The summed E-state index contributed by atoms with van der Waals surface area (Å²) in [5.74, 6) is -0.592. The van der Waals surface area contributed by atoms with Crippen LogP contribution in [0.15, 0.2) is 35.2 Å². The monoisotopic (exact) mass is 396 g/mol. The molecule has 1 aromatic heterocycles. The minimum Gasteiger partial charge on any atom is -0.468 e. The van der Waals surface area contributed by atoms with Gasteiger partial charge in [0, 0.05) is 21.9 Å². The van der Waals surface area contributed by atoms with Gasteiger partial charge in [0.15, 0.2) is 0 Å². The molecule has 26 heavy (non-hydrogen) atoms. The number of hydrogen-bond donors (Lipinski definition) is 0. The van der Waals surface area contributed by atoms with Gasteiger partial charge in [-0.2, -0.15) is 4.31 Å². The number of fused-ring (bicyclic) bond motifs is 1. The average Bonchev–Trinajstić information content (AvgIpc) is 3.15. The zero-order valence-corrected chi connectivity index (χ0v) is 15.7. The number of rotatable bonds is 5. The molecule has 1 aromatic carbocycles. The van der Waals surface area contributed by atoms with Gasteiger partial charge >= 0.3 is 5.97 Å². The first-order valence-electron chi connectivity index (χ1n) is 7.76. The van der Waals surface area contributed by atoms with Crippen LogP contribution in [-0.4, -0.2) is 36.8 Å². The lowest BCUT2D eigenvalue weighted by atomic mass is 10.1. The molecule has 2 heterocycles. The molecule has 3 rings (SSSR count). The highest BCUT2D eigenvalue weighted by Crippen LogP contribution is 2.42. The van der Waals surface area contributed by atoms with Gasteiger partial charge in [-0.25, -0.2) is 8.42 Å². The number of non-ortho nitro benzene ring substituents is 1. The van der Waals surface area contributed by atoms with Crippen LogP contribution in [0.3, 0.4) is 0 Å². The number of sulfonamides is 1. The third-order valence-corrected chi connectivity index (χ3v) is 7.42. The number of benzene rings is 1. The molecule has 0 spiro atoms. The van der Waals surface area contributed by atoms with Gasteiger partial charge in [-0.15, -0.1) is 11.3 Å². The fraction of sp³-hybridized carbons (Fsp3) is 0.312. The molecule has 0 amide bonds. The maximum atomic E-state index is 12.8. The van der Waals surface area contributed by atoms with Crippen molar-refractivity contribution in [3.8, 4) is 10.4 Å². The first kappa shape index (κ1) is 18.5. The smallest absolute Gasteiger partial charge is 0.324 e. The van der Waals surface area contributed by atoms with Gasteiger partial charge in [0.2, 0.25) is 10.0 Å². The van der Waals surface area contributed by atoms with Crippen LogP contribution in [0.2, 0.25) is 0 Å². The number of nitro benzene ring substituents is 1. The van der Waals surface area contributed by atoms with Crippen molar-refractivity contribution in [1.82, 2.24) is 4.31 Å². The number of carbonyl (C=O) groups excluding carboxylic acids is 1. The Morgan fingerprint density at radius 2 is 2.15 bits per heavy atom. The van der Waals surface area contributed by atoms with Crippen molar-refractivity contribution in [2.75, 3.05) is 7.11 Å². The standard InChI is InChI=1S/C16H16N2O6S2/c1-3-12(16(19)24-2)17-9-14-15(26(17,22)23)8-13(25-14)10-5-4-6-11(7-10)18(20)21/h4-8,12H,3,9H2,1-2H3. The van der Waals surface area contributed by atoms with Crippen molar-refractivity contribution in [3.63, 3.8) is 0 Å². The molecule has 0 radical (unpaired) electrons. The van der Waals surface area contributed by atoms with Crippen LogP contribution in [0.5, 0.6) is 0 Å². The minimum atomic E-state index is -3.82. The lowest BCUT2D eigenvalue weighted by Gasteiger charge is -2.22. The van der Waals surface area contributed by atoms with Gasteiger partial charge in [-0.3, -0.25) is 14.9 Å². The molecule has 0 saturated carbocycles. The van der Waals surface area contributed by atoms with E-state index < -0.39 is 27.0 Å². The number of methoxy groups -OCH3 is 1. The maximum Gasteiger partial charge on any atom is 0.324 e. The molecule has 138 valence electrons.